The van der Waals surface area contributed by atoms with E-state index in [2.05, 4.69) is 22.7 Å². The second kappa shape index (κ2) is 6.70. The van der Waals surface area contributed by atoms with Crippen molar-refractivity contribution in [3.05, 3.63) is 0 Å². The lowest BCUT2D eigenvalue weighted by Crippen LogP contribution is -2.47. The molecule has 1 fully saturated rings. The van der Waals surface area contributed by atoms with Gasteiger partial charge in [-0.2, -0.15) is 0 Å². The number of rotatable bonds is 4. The monoisotopic (exact) mass is 228 g/mol. The molecule has 1 rings (SSSR count). The summed E-state index contributed by atoms with van der Waals surface area (Å²) in [6.07, 6.45) is 3.58. The van der Waals surface area contributed by atoms with E-state index < -0.39 is 0 Å². The highest BCUT2D eigenvalue weighted by Gasteiger charge is 2.21. The Labute approximate surface area is 97.8 Å². The number of nitrogens with one attached hydrogen (secondary N) is 2. The van der Waals surface area contributed by atoms with E-state index in [9.17, 15) is 0 Å². The van der Waals surface area contributed by atoms with Gasteiger partial charge in [0.15, 0.2) is 0 Å². The van der Waals surface area contributed by atoms with Gasteiger partial charge in [-0.05, 0) is 32.1 Å². The summed E-state index contributed by atoms with van der Waals surface area (Å²) in [4.78, 5) is 4.58. The largest absolute Gasteiger partial charge is 0.383 e. The van der Waals surface area contributed by atoms with Crippen LogP contribution in [0.15, 0.2) is 4.99 Å². The lowest BCUT2D eigenvalue weighted by Gasteiger charge is -2.17. The molecule has 0 aromatic heterocycles. The molecular weight excluding hydrogens is 204 g/mol. The average molecular weight is 228 g/mol. The van der Waals surface area contributed by atoms with Crippen LogP contribution in [-0.4, -0.2) is 31.8 Å². The van der Waals surface area contributed by atoms with E-state index in [1.807, 2.05) is 6.92 Å². The number of aliphatic imine (C=N–C) groups is 1. The zero-order valence-electron chi connectivity index (χ0n) is 10.5. The van der Waals surface area contributed by atoms with Crippen LogP contribution in [0, 0.1) is 5.92 Å². The van der Waals surface area contributed by atoms with Gasteiger partial charge in [-0.1, -0.05) is 6.92 Å². The van der Waals surface area contributed by atoms with E-state index in [0.717, 1.165) is 18.8 Å². The normalized spacial score (nSPS) is 27.9. The molecule has 1 aliphatic carbocycles. The third-order valence-corrected chi connectivity index (χ3v) is 2.92. The van der Waals surface area contributed by atoms with E-state index in [4.69, 9.17) is 10.6 Å². The Bertz CT molecular complexity index is 232. The lowest BCUT2D eigenvalue weighted by molar-refractivity contribution is 0.179. The van der Waals surface area contributed by atoms with Crippen molar-refractivity contribution in [3.63, 3.8) is 0 Å². The fraction of sp³-hybridized carbons (Fsp3) is 0.909. The number of methoxy groups -OCH3 is 1. The van der Waals surface area contributed by atoms with Gasteiger partial charge in [-0.3, -0.25) is 5.43 Å². The zero-order valence-corrected chi connectivity index (χ0v) is 10.5. The summed E-state index contributed by atoms with van der Waals surface area (Å²) < 4.78 is 5.05. The van der Waals surface area contributed by atoms with E-state index in [1.54, 1.807) is 7.11 Å². The Morgan fingerprint density at radius 2 is 2.31 bits per heavy atom. The van der Waals surface area contributed by atoms with Crippen molar-refractivity contribution in [3.8, 4) is 0 Å². The van der Waals surface area contributed by atoms with Crippen molar-refractivity contribution in [2.24, 2.45) is 16.8 Å². The Hall–Kier alpha value is -0.810. The summed E-state index contributed by atoms with van der Waals surface area (Å²) in [7, 11) is 1.68. The fourth-order valence-corrected chi connectivity index (χ4v) is 2.12. The van der Waals surface area contributed by atoms with Crippen LogP contribution in [0.5, 0.6) is 0 Å². The van der Waals surface area contributed by atoms with Crippen molar-refractivity contribution < 1.29 is 4.74 Å². The van der Waals surface area contributed by atoms with Crippen LogP contribution in [0.25, 0.3) is 0 Å². The van der Waals surface area contributed by atoms with Gasteiger partial charge in [0.25, 0.3) is 0 Å². The molecule has 1 saturated carbocycles. The third kappa shape index (κ3) is 4.37. The van der Waals surface area contributed by atoms with E-state index in [1.165, 1.54) is 6.42 Å². The standard InChI is InChI=1S/C11H24N4O/c1-8-4-5-10(6-8)14-11(15-12)13-9(2)7-16-3/h8-10H,4-7,12H2,1-3H3,(H2,13,14,15). The Balaban J connectivity index is 2.43. The van der Waals surface area contributed by atoms with Crippen LogP contribution < -0.4 is 16.6 Å². The highest BCUT2D eigenvalue weighted by molar-refractivity contribution is 5.79. The first kappa shape index (κ1) is 13.3. The van der Waals surface area contributed by atoms with E-state index in [-0.39, 0.29) is 6.04 Å². The van der Waals surface area contributed by atoms with Gasteiger partial charge in [-0.25, -0.2) is 10.8 Å². The minimum Gasteiger partial charge on any atom is -0.383 e. The summed E-state index contributed by atoms with van der Waals surface area (Å²) in [6, 6.07) is 0.613. The first-order valence-corrected chi connectivity index (χ1v) is 5.95. The van der Waals surface area contributed by atoms with Crippen molar-refractivity contribution in [2.45, 2.75) is 45.2 Å². The second-order valence-electron chi connectivity index (χ2n) is 4.69. The predicted molar refractivity (Wildman–Crippen MR) is 66.0 cm³/mol. The smallest absolute Gasteiger partial charge is 0.206 e. The molecule has 3 unspecified atom stereocenters. The molecule has 5 heteroatoms. The number of hydrazine groups is 1. The van der Waals surface area contributed by atoms with Gasteiger partial charge in [0.1, 0.15) is 0 Å². The molecule has 0 aromatic carbocycles. The Kier molecular flexibility index (Phi) is 5.55. The van der Waals surface area contributed by atoms with Crippen LogP contribution in [-0.2, 0) is 4.74 Å². The van der Waals surface area contributed by atoms with E-state index >= 15 is 0 Å². The SMILES string of the molecule is COCC(C)NC(=NC1CCC(C)C1)NN. The molecule has 0 aromatic rings. The van der Waals surface area contributed by atoms with Gasteiger partial charge in [-0.15, -0.1) is 0 Å². The van der Waals surface area contributed by atoms with Crippen LogP contribution in [0.4, 0.5) is 0 Å². The number of hydrogen-bond donors (Lipinski definition) is 3. The maximum Gasteiger partial charge on any atom is 0.206 e. The molecule has 94 valence electrons. The minimum absolute atomic E-state index is 0.207. The first-order chi connectivity index (χ1) is 7.65. The fourth-order valence-electron chi connectivity index (χ4n) is 2.12. The van der Waals surface area contributed by atoms with Crippen LogP contribution in [0.3, 0.4) is 0 Å². The zero-order chi connectivity index (χ0) is 12.0. The van der Waals surface area contributed by atoms with Crippen LogP contribution in [0.2, 0.25) is 0 Å². The summed E-state index contributed by atoms with van der Waals surface area (Å²) in [5.41, 5.74) is 2.62. The number of guanidine groups is 1. The average Bonchev–Trinajstić information content (AvgIpc) is 2.63. The summed E-state index contributed by atoms with van der Waals surface area (Å²) in [5.74, 6) is 6.90. The van der Waals surface area contributed by atoms with Gasteiger partial charge in [0.2, 0.25) is 5.96 Å². The first-order valence-electron chi connectivity index (χ1n) is 5.95. The topological polar surface area (TPSA) is 71.7 Å². The van der Waals surface area contributed by atoms with Crippen molar-refractivity contribution in [1.82, 2.24) is 10.7 Å². The molecule has 0 saturated heterocycles. The Morgan fingerprint density at radius 3 is 2.81 bits per heavy atom. The van der Waals surface area contributed by atoms with Gasteiger partial charge in [0, 0.05) is 13.2 Å². The molecule has 5 nitrogen and oxygen atoms in total. The van der Waals surface area contributed by atoms with Crippen molar-refractivity contribution in [1.29, 1.82) is 0 Å². The molecule has 0 heterocycles. The molecule has 4 N–H and O–H groups in total. The lowest BCUT2D eigenvalue weighted by atomic mass is 10.1. The molecule has 0 aliphatic heterocycles. The molecule has 0 amide bonds. The third-order valence-electron chi connectivity index (χ3n) is 2.92. The second-order valence-corrected chi connectivity index (χ2v) is 4.69. The summed E-state index contributed by atoms with van der Waals surface area (Å²) in [5, 5.41) is 3.20. The maximum absolute atomic E-state index is 5.45. The van der Waals surface area contributed by atoms with Crippen molar-refractivity contribution in [2.75, 3.05) is 13.7 Å². The summed E-state index contributed by atoms with van der Waals surface area (Å²) in [6.45, 7) is 4.95. The van der Waals surface area contributed by atoms with Gasteiger partial charge >= 0.3 is 0 Å². The molecule has 0 spiro atoms. The maximum atomic E-state index is 5.45. The van der Waals surface area contributed by atoms with Gasteiger partial charge in [0.05, 0.1) is 12.6 Å². The number of nitrogens with two attached hydrogens (primary N) is 1. The van der Waals surface area contributed by atoms with Crippen LogP contribution >= 0.6 is 0 Å². The molecule has 1 aliphatic rings. The number of hydrogen-bond acceptors (Lipinski definition) is 3. The highest BCUT2D eigenvalue weighted by Crippen LogP contribution is 2.26. The molecular formula is C11H24N4O. The highest BCUT2D eigenvalue weighted by atomic mass is 16.5. The molecule has 3 atom stereocenters. The van der Waals surface area contributed by atoms with Crippen molar-refractivity contribution >= 4 is 5.96 Å². The summed E-state index contributed by atoms with van der Waals surface area (Å²) >= 11 is 0. The number of ether oxygens (including phenoxy) is 1. The molecule has 0 radical (unpaired) electrons. The van der Waals surface area contributed by atoms with E-state index in [0.29, 0.717) is 18.6 Å². The van der Waals surface area contributed by atoms with Gasteiger partial charge < -0.3 is 10.1 Å². The molecule has 16 heavy (non-hydrogen) atoms. The quantitative estimate of drug-likeness (QED) is 0.285. The number of nitrogens with zero attached hydrogens (tertiary/aromatic N) is 1. The predicted octanol–water partition coefficient (Wildman–Crippen LogP) is 0.619. The Morgan fingerprint density at radius 1 is 1.56 bits per heavy atom. The minimum atomic E-state index is 0.207. The molecule has 0 bridgehead atoms. The van der Waals surface area contributed by atoms with Crippen LogP contribution in [0.1, 0.15) is 33.1 Å².